The van der Waals surface area contributed by atoms with E-state index >= 15 is 0 Å². The molecule has 0 radical (unpaired) electrons. The van der Waals surface area contributed by atoms with Crippen LogP contribution in [0.25, 0.3) is 0 Å². The Morgan fingerprint density at radius 1 is 0.909 bits per heavy atom. The minimum Gasteiger partial charge on any atom is -0.790 e. The molecule has 0 fully saturated rings. The van der Waals surface area contributed by atoms with Gasteiger partial charge in [0.05, 0.1) is 15.6 Å². The summed E-state index contributed by atoms with van der Waals surface area (Å²) in [6.45, 7) is 0. The van der Waals surface area contributed by atoms with Crippen molar-refractivity contribution in [1.82, 2.24) is 0 Å². The van der Waals surface area contributed by atoms with Gasteiger partial charge in [0, 0.05) is 0 Å². The smallest absolute Gasteiger partial charge is 0.790 e. The van der Waals surface area contributed by atoms with Crippen molar-refractivity contribution in [2.24, 2.45) is 0 Å². The van der Waals surface area contributed by atoms with E-state index in [1.165, 1.54) is 0 Å². The Balaban J connectivity index is -0.000000320. The normalized spacial score (nSPS) is 11.3. The molecule has 0 unspecified atom stereocenters. The van der Waals surface area contributed by atoms with Gasteiger partial charge in [-0.25, -0.2) is 0 Å². The van der Waals surface area contributed by atoms with E-state index in [1.54, 1.807) is 0 Å². The van der Waals surface area contributed by atoms with Crippen LogP contribution in [0.5, 0.6) is 0 Å². The Labute approximate surface area is 117 Å². The molecule has 0 saturated heterocycles. The quantitative estimate of drug-likeness (QED) is 0.365. The molecule has 0 rings (SSSR count). The van der Waals surface area contributed by atoms with E-state index in [4.69, 9.17) is 0 Å². The van der Waals surface area contributed by atoms with Crippen LogP contribution in [0.4, 0.5) is 0 Å². The van der Waals surface area contributed by atoms with Crippen LogP contribution in [0, 0.1) is 0 Å². The van der Waals surface area contributed by atoms with Crippen LogP contribution in [-0.4, -0.2) is 48.9 Å². The molecule has 0 bridgehead atoms. The van der Waals surface area contributed by atoms with Crippen LogP contribution in [0.15, 0.2) is 0 Å². The van der Waals surface area contributed by atoms with E-state index in [1.807, 2.05) is 0 Å². The van der Waals surface area contributed by atoms with Crippen molar-refractivity contribution >= 4 is 64.5 Å². The summed E-state index contributed by atoms with van der Waals surface area (Å²) in [7, 11) is -11.4. The SMILES string of the molecule is O=P([O-])([O-])OP(=O)([O-])[O-].[Ba+2].[Ti+4]. The van der Waals surface area contributed by atoms with Crippen LogP contribution in [0.1, 0.15) is 0 Å². The second kappa shape index (κ2) is 6.92. The van der Waals surface area contributed by atoms with E-state index in [-0.39, 0.29) is 70.6 Å². The molecule has 11 heavy (non-hydrogen) atoms. The van der Waals surface area contributed by atoms with Gasteiger partial charge in [-0.15, -0.1) is 0 Å². The summed E-state index contributed by atoms with van der Waals surface area (Å²) in [5.74, 6) is 0. The molecule has 56 valence electrons. The molecule has 0 aliphatic heterocycles. The molecule has 0 aliphatic carbocycles. The number of rotatable bonds is 2. The summed E-state index contributed by atoms with van der Waals surface area (Å²) in [4.78, 5) is 37.3. The average molecular weight is 359 g/mol. The first-order valence-corrected chi connectivity index (χ1v) is 4.38. The van der Waals surface area contributed by atoms with Gasteiger partial charge in [0.15, 0.2) is 0 Å². The fourth-order valence-electron chi connectivity index (χ4n) is 0.122. The van der Waals surface area contributed by atoms with E-state index in [9.17, 15) is 28.7 Å². The Morgan fingerprint density at radius 2 is 1.09 bits per heavy atom. The molecule has 11 heteroatoms. The average Bonchev–Trinajstić information content (AvgIpc) is 1.14. The van der Waals surface area contributed by atoms with Crippen molar-refractivity contribution in [3.8, 4) is 0 Å². The van der Waals surface area contributed by atoms with Gasteiger partial charge in [-0.3, -0.25) is 0 Å². The predicted octanol–water partition coefficient (Wildman–Crippen LogP) is -3.72. The zero-order valence-electron chi connectivity index (χ0n) is 4.96. The van der Waals surface area contributed by atoms with Crippen molar-refractivity contribution < 1.29 is 54.7 Å². The topological polar surface area (TPSA) is 136 Å². The van der Waals surface area contributed by atoms with Gasteiger partial charge in [0.1, 0.15) is 0 Å². The van der Waals surface area contributed by atoms with E-state index in [2.05, 4.69) is 4.31 Å². The third kappa shape index (κ3) is 19.1. The Kier molecular flexibility index (Phi) is 12.1. The number of hydrogen-bond acceptors (Lipinski definition) is 7. The molecule has 0 atom stereocenters. The van der Waals surface area contributed by atoms with Crippen molar-refractivity contribution in [2.45, 2.75) is 0 Å². The van der Waals surface area contributed by atoms with E-state index in [0.29, 0.717) is 0 Å². The largest absolute Gasteiger partial charge is 4.00 e. The third-order valence-corrected chi connectivity index (χ3v) is 1.80. The van der Waals surface area contributed by atoms with Crippen LogP contribution < -0.4 is 19.6 Å². The maximum absolute atomic E-state index is 9.32. The van der Waals surface area contributed by atoms with Crippen molar-refractivity contribution in [3.05, 3.63) is 0 Å². The first-order chi connectivity index (χ1) is 3.71. The molecule has 0 saturated carbocycles. The third-order valence-electron chi connectivity index (χ3n) is 0.200. The second-order valence-corrected chi connectivity index (χ2v) is 3.42. The summed E-state index contributed by atoms with van der Waals surface area (Å²) in [6.07, 6.45) is 0. The van der Waals surface area contributed by atoms with E-state index in [0.717, 1.165) is 0 Å². The zero-order chi connectivity index (χ0) is 7.71. The molecule has 0 aromatic rings. The molecule has 0 spiro atoms. The van der Waals surface area contributed by atoms with Crippen LogP contribution in [0.2, 0.25) is 0 Å². The number of phosphoric acid groups is 2. The first-order valence-electron chi connectivity index (χ1n) is 1.46. The second-order valence-electron chi connectivity index (χ2n) is 0.976. The Hall–Kier alpha value is 2.55. The molecule has 0 aromatic heterocycles. The molecule has 0 aliphatic rings. The van der Waals surface area contributed by atoms with Crippen molar-refractivity contribution in [2.75, 3.05) is 0 Å². The summed E-state index contributed by atoms with van der Waals surface area (Å²) < 4.78 is 21.2. The summed E-state index contributed by atoms with van der Waals surface area (Å²) in [6, 6.07) is 0. The fraction of sp³-hybridized carbons (Fsp3) is 0. The van der Waals surface area contributed by atoms with Gasteiger partial charge < -0.3 is 33.0 Å². The van der Waals surface area contributed by atoms with Gasteiger partial charge in [-0.1, -0.05) is 0 Å². The molecule has 0 amide bonds. The summed E-state index contributed by atoms with van der Waals surface area (Å²) in [5, 5.41) is 0. The number of hydrogen-bond donors (Lipinski definition) is 0. The van der Waals surface area contributed by atoms with Crippen LogP contribution in [-0.2, 0) is 35.2 Å². The maximum atomic E-state index is 9.32. The van der Waals surface area contributed by atoms with Crippen LogP contribution >= 0.6 is 15.6 Å². The molecule has 7 nitrogen and oxygen atoms in total. The standard InChI is InChI=1S/Ba.H4O7P2.Ti/c;1-8(2,3)7-9(4,5)6;/h;(H2,1,2,3)(H2,4,5,6);/q+2;;+4/p-4. The molecule has 0 aromatic carbocycles. The van der Waals surface area contributed by atoms with Crippen molar-refractivity contribution in [3.63, 3.8) is 0 Å². The van der Waals surface area contributed by atoms with Crippen LogP contribution in [0.3, 0.4) is 0 Å². The molecule has 0 heterocycles. The van der Waals surface area contributed by atoms with Gasteiger partial charge in [0.25, 0.3) is 0 Å². The van der Waals surface area contributed by atoms with E-state index < -0.39 is 15.6 Å². The zero-order valence-corrected chi connectivity index (χ0v) is 12.8. The Morgan fingerprint density at radius 3 is 1.09 bits per heavy atom. The van der Waals surface area contributed by atoms with Crippen molar-refractivity contribution in [1.29, 1.82) is 0 Å². The maximum Gasteiger partial charge on any atom is 4.00 e. The molecular weight excluding hydrogens is 359 g/mol. The minimum absolute atomic E-state index is 0. The summed E-state index contributed by atoms with van der Waals surface area (Å²) in [5.41, 5.74) is 0. The summed E-state index contributed by atoms with van der Waals surface area (Å²) >= 11 is 0. The fourth-order valence-corrected chi connectivity index (χ4v) is 1.10. The monoisotopic (exact) mass is 360 g/mol. The molecular formula is BaO7P2Ti+2. The first kappa shape index (κ1) is 19.2. The minimum atomic E-state index is -5.68. The molecule has 0 N–H and O–H groups in total. The van der Waals surface area contributed by atoms with Gasteiger partial charge in [-0.05, 0) is 0 Å². The van der Waals surface area contributed by atoms with Gasteiger partial charge in [-0.2, -0.15) is 0 Å². The van der Waals surface area contributed by atoms with Gasteiger partial charge in [0.2, 0.25) is 0 Å². The van der Waals surface area contributed by atoms with Gasteiger partial charge >= 0.3 is 70.6 Å². The predicted molar refractivity (Wildman–Crippen MR) is 22.1 cm³/mol. The Bertz CT molecular complexity index is 157.